The summed E-state index contributed by atoms with van der Waals surface area (Å²) in [5.74, 6) is -0.913. The third-order valence-corrected chi connectivity index (χ3v) is 7.46. The molecule has 0 saturated heterocycles. The molecule has 1 N–H and O–H groups in total. The Morgan fingerprint density at radius 2 is 1.62 bits per heavy atom. The van der Waals surface area contributed by atoms with Crippen molar-refractivity contribution in [2.45, 2.75) is 52.7 Å². The molecule has 0 fully saturated rings. The van der Waals surface area contributed by atoms with Gasteiger partial charge in [-0.05, 0) is 51.0 Å². The molecule has 2 amide bonds. The highest BCUT2D eigenvalue weighted by molar-refractivity contribution is 7.92. The van der Waals surface area contributed by atoms with Crippen LogP contribution in [0.1, 0.15) is 38.3 Å². The van der Waals surface area contributed by atoms with Gasteiger partial charge in [0.25, 0.3) is 0 Å². The summed E-state index contributed by atoms with van der Waals surface area (Å²) in [7, 11) is -3.79. The fraction of sp³-hybridized carbons (Fsp3) is 0.417. The lowest BCUT2D eigenvalue weighted by molar-refractivity contribution is -0.139. The highest BCUT2D eigenvalue weighted by Gasteiger charge is 2.31. The summed E-state index contributed by atoms with van der Waals surface area (Å²) in [4.78, 5) is 27.8. The van der Waals surface area contributed by atoms with Gasteiger partial charge in [-0.25, -0.2) is 8.42 Å². The van der Waals surface area contributed by atoms with Gasteiger partial charge in [0.15, 0.2) is 0 Å². The molecule has 0 heterocycles. The van der Waals surface area contributed by atoms with E-state index in [2.05, 4.69) is 5.32 Å². The number of nitrogens with one attached hydrogen (secondary N) is 1. The molecular weight excluding hydrogens is 497 g/mol. The first kappa shape index (κ1) is 28.0. The number of rotatable bonds is 10. The van der Waals surface area contributed by atoms with Crippen molar-refractivity contribution in [1.82, 2.24) is 10.2 Å². The van der Waals surface area contributed by atoms with Gasteiger partial charge in [-0.15, -0.1) is 0 Å². The highest BCUT2D eigenvalue weighted by atomic mass is 35.5. The number of carbonyl (C=O) groups excluding carboxylic acids is 2. The zero-order chi connectivity index (χ0) is 25.6. The van der Waals surface area contributed by atoms with Crippen LogP contribution in [0, 0.1) is 6.92 Å². The lowest BCUT2D eigenvalue weighted by Crippen LogP contribution is -2.52. The number of anilines is 1. The zero-order valence-corrected chi connectivity index (χ0v) is 22.3. The lowest BCUT2D eigenvalue weighted by Gasteiger charge is -2.32. The van der Waals surface area contributed by atoms with Crippen LogP contribution in [0.15, 0.2) is 42.5 Å². The average molecular weight is 529 g/mol. The smallest absolute Gasteiger partial charge is 0.244 e. The molecule has 10 heteroatoms. The van der Waals surface area contributed by atoms with E-state index < -0.39 is 28.5 Å². The first-order valence-corrected chi connectivity index (χ1v) is 13.5. The van der Waals surface area contributed by atoms with Gasteiger partial charge in [0.1, 0.15) is 12.6 Å². The van der Waals surface area contributed by atoms with E-state index in [1.54, 1.807) is 56.3 Å². The Bertz CT molecular complexity index is 1120. The van der Waals surface area contributed by atoms with Gasteiger partial charge in [0, 0.05) is 28.2 Å². The monoisotopic (exact) mass is 527 g/mol. The Balaban J connectivity index is 2.46. The molecular formula is C24H31Cl2N3O4S. The van der Waals surface area contributed by atoms with Gasteiger partial charge in [0.05, 0.1) is 11.9 Å². The summed E-state index contributed by atoms with van der Waals surface area (Å²) < 4.78 is 26.3. The van der Waals surface area contributed by atoms with Crippen LogP contribution in [0.5, 0.6) is 0 Å². The van der Waals surface area contributed by atoms with Gasteiger partial charge in [0.2, 0.25) is 21.8 Å². The molecule has 2 rings (SSSR count). The maximum atomic E-state index is 13.6. The van der Waals surface area contributed by atoms with Crippen molar-refractivity contribution in [2.75, 3.05) is 17.1 Å². The number of para-hydroxylation sites is 1. The van der Waals surface area contributed by atoms with E-state index >= 15 is 0 Å². The second-order valence-corrected chi connectivity index (χ2v) is 11.0. The number of hydrogen-bond acceptors (Lipinski definition) is 4. The number of carbonyl (C=O) groups is 2. The molecule has 0 radical (unpaired) electrons. The first-order valence-electron chi connectivity index (χ1n) is 10.9. The molecule has 2 aromatic carbocycles. The number of aryl methyl sites for hydroxylation is 1. The van der Waals surface area contributed by atoms with Gasteiger partial charge in [-0.3, -0.25) is 13.9 Å². The Morgan fingerprint density at radius 1 is 1.03 bits per heavy atom. The maximum absolute atomic E-state index is 13.6. The van der Waals surface area contributed by atoms with Crippen molar-refractivity contribution in [3.8, 4) is 0 Å². The van der Waals surface area contributed by atoms with Crippen LogP contribution >= 0.6 is 23.2 Å². The fourth-order valence-electron chi connectivity index (χ4n) is 3.34. The van der Waals surface area contributed by atoms with Crippen LogP contribution in [0.25, 0.3) is 0 Å². The highest BCUT2D eigenvalue weighted by Crippen LogP contribution is 2.27. The van der Waals surface area contributed by atoms with Crippen molar-refractivity contribution in [3.05, 3.63) is 63.6 Å². The molecule has 34 heavy (non-hydrogen) atoms. The van der Waals surface area contributed by atoms with Crippen LogP contribution < -0.4 is 9.62 Å². The molecule has 186 valence electrons. The van der Waals surface area contributed by atoms with Crippen LogP contribution in [0.2, 0.25) is 10.0 Å². The van der Waals surface area contributed by atoms with E-state index in [1.807, 2.05) is 13.8 Å². The molecule has 7 nitrogen and oxygen atoms in total. The summed E-state index contributed by atoms with van der Waals surface area (Å²) in [6, 6.07) is 10.9. The Kier molecular flexibility index (Phi) is 9.79. The quantitative estimate of drug-likeness (QED) is 0.495. The van der Waals surface area contributed by atoms with Crippen molar-refractivity contribution in [2.24, 2.45) is 0 Å². The third kappa shape index (κ3) is 7.10. The summed E-state index contributed by atoms with van der Waals surface area (Å²) in [6.45, 7) is 6.63. The zero-order valence-electron chi connectivity index (χ0n) is 20.0. The van der Waals surface area contributed by atoms with Crippen LogP contribution in [-0.4, -0.2) is 50.0 Å². The van der Waals surface area contributed by atoms with E-state index in [-0.39, 0.29) is 18.5 Å². The van der Waals surface area contributed by atoms with Crippen molar-refractivity contribution in [1.29, 1.82) is 0 Å². The molecule has 0 aliphatic carbocycles. The fourth-order valence-corrected chi connectivity index (χ4v) is 4.76. The Hall–Kier alpha value is -2.29. The van der Waals surface area contributed by atoms with Crippen LogP contribution in [0.3, 0.4) is 0 Å². The summed E-state index contributed by atoms with van der Waals surface area (Å²) in [6.07, 6.45) is 1.76. The Morgan fingerprint density at radius 3 is 2.15 bits per heavy atom. The topological polar surface area (TPSA) is 86.8 Å². The molecule has 0 aliphatic heterocycles. The van der Waals surface area contributed by atoms with Gasteiger partial charge in [-0.1, -0.05) is 54.4 Å². The Labute approximate surface area is 212 Å². The van der Waals surface area contributed by atoms with Crippen LogP contribution in [-0.2, 0) is 26.2 Å². The van der Waals surface area contributed by atoms with Crippen molar-refractivity contribution >= 4 is 50.7 Å². The number of benzene rings is 2. The number of hydrogen-bond donors (Lipinski definition) is 1. The van der Waals surface area contributed by atoms with E-state index in [9.17, 15) is 18.0 Å². The normalized spacial score (nSPS) is 13.1. The summed E-state index contributed by atoms with van der Waals surface area (Å²) in [5, 5.41) is 3.57. The minimum atomic E-state index is -3.79. The van der Waals surface area contributed by atoms with Crippen molar-refractivity contribution in [3.63, 3.8) is 0 Å². The number of amides is 2. The molecule has 0 aromatic heterocycles. The standard InChI is InChI=1S/C24H31Cl2N3O4S/c1-6-17(3)27-24(31)18(4)28(14-19-20(25)11-9-12-21(19)26)23(30)15-29(34(5,32)33)22-13-8-7-10-16(22)2/h7-13,17-18H,6,14-15H2,1-5H3,(H,27,31). The minimum absolute atomic E-state index is 0.0577. The first-order chi connectivity index (χ1) is 15.9. The molecule has 2 aromatic rings. The van der Waals surface area contributed by atoms with E-state index in [0.29, 0.717) is 26.9 Å². The second kappa shape index (κ2) is 11.9. The summed E-state index contributed by atoms with van der Waals surface area (Å²) >= 11 is 12.7. The van der Waals surface area contributed by atoms with Crippen molar-refractivity contribution < 1.29 is 18.0 Å². The third-order valence-electron chi connectivity index (χ3n) is 5.62. The molecule has 0 saturated carbocycles. The number of sulfonamides is 1. The van der Waals surface area contributed by atoms with E-state index in [0.717, 1.165) is 17.0 Å². The van der Waals surface area contributed by atoms with E-state index in [1.165, 1.54) is 4.90 Å². The minimum Gasteiger partial charge on any atom is -0.352 e. The van der Waals surface area contributed by atoms with Crippen LogP contribution in [0.4, 0.5) is 5.69 Å². The van der Waals surface area contributed by atoms with Gasteiger partial charge in [-0.2, -0.15) is 0 Å². The second-order valence-electron chi connectivity index (χ2n) is 8.27. The number of nitrogens with zero attached hydrogens (tertiary/aromatic N) is 2. The van der Waals surface area contributed by atoms with Gasteiger partial charge < -0.3 is 10.2 Å². The lowest BCUT2D eigenvalue weighted by atomic mass is 10.1. The molecule has 0 bridgehead atoms. The largest absolute Gasteiger partial charge is 0.352 e. The molecule has 2 atom stereocenters. The molecule has 0 aliphatic rings. The SMILES string of the molecule is CCC(C)NC(=O)C(C)N(Cc1c(Cl)cccc1Cl)C(=O)CN(c1ccccc1C)S(C)(=O)=O. The van der Waals surface area contributed by atoms with E-state index in [4.69, 9.17) is 23.2 Å². The van der Waals surface area contributed by atoms with Gasteiger partial charge >= 0.3 is 0 Å². The predicted molar refractivity (Wildman–Crippen MR) is 138 cm³/mol. The maximum Gasteiger partial charge on any atom is 0.244 e. The predicted octanol–water partition coefficient (Wildman–Crippen LogP) is 4.40. The number of halogens is 2. The summed E-state index contributed by atoms with van der Waals surface area (Å²) in [5.41, 5.74) is 1.57. The molecule has 2 unspecified atom stereocenters. The average Bonchev–Trinajstić information content (AvgIpc) is 2.76. The molecule has 0 spiro atoms.